The summed E-state index contributed by atoms with van der Waals surface area (Å²) in [4.78, 5) is 11.8. The van der Waals surface area contributed by atoms with Gasteiger partial charge in [-0.15, -0.1) is 0 Å². The molecule has 0 radical (unpaired) electrons. The summed E-state index contributed by atoms with van der Waals surface area (Å²) < 4.78 is 5.98. The molecular weight excluding hydrogens is 200 g/mol. The van der Waals surface area contributed by atoms with Gasteiger partial charge in [0.05, 0.1) is 17.6 Å². The standard InChI is InChI=1S/C14H16O2/c1-9(15)14(2)8-12-11-6-4-3-5-10(11)7-13(14)16-12/h3-6,12-13H,7-8H2,1-2H3/t12-,13-,14-/m1/s1. The highest BCUT2D eigenvalue weighted by atomic mass is 16.5. The van der Waals surface area contributed by atoms with Gasteiger partial charge in [-0.1, -0.05) is 31.2 Å². The molecule has 0 spiro atoms. The number of hydrogen-bond acceptors (Lipinski definition) is 2. The first kappa shape index (κ1) is 10.0. The summed E-state index contributed by atoms with van der Waals surface area (Å²) in [5, 5.41) is 0. The van der Waals surface area contributed by atoms with E-state index in [1.165, 1.54) is 11.1 Å². The largest absolute Gasteiger partial charge is 0.369 e. The highest BCUT2D eigenvalue weighted by molar-refractivity contribution is 5.83. The molecule has 2 aliphatic rings. The van der Waals surface area contributed by atoms with E-state index >= 15 is 0 Å². The van der Waals surface area contributed by atoms with E-state index < -0.39 is 0 Å². The van der Waals surface area contributed by atoms with Gasteiger partial charge in [0.1, 0.15) is 5.78 Å². The van der Waals surface area contributed by atoms with Crippen molar-refractivity contribution in [3.05, 3.63) is 35.4 Å². The van der Waals surface area contributed by atoms with Crippen LogP contribution in [-0.4, -0.2) is 11.9 Å². The third-order valence-electron chi connectivity index (χ3n) is 4.26. The Labute approximate surface area is 95.6 Å². The second-order valence-corrected chi connectivity index (χ2v) is 5.19. The fraction of sp³-hybridized carbons (Fsp3) is 0.500. The summed E-state index contributed by atoms with van der Waals surface area (Å²) >= 11 is 0. The molecule has 0 aliphatic carbocycles. The van der Waals surface area contributed by atoms with Crippen LogP contribution in [0.3, 0.4) is 0 Å². The number of Topliss-reactive ketones (excluding diaryl/α,β-unsaturated/α-hetero) is 1. The van der Waals surface area contributed by atoms with Crippen LogP contribution < -0.4 is 0 Å². The zero-order valence-corrected chi connectivity index (χ0v) is 9.69. The number of ketones is 1. The highest BCUT2D eigenvalue weighted by Crippen LogP contribution is 2.51. The monoisotopic (exact) mass is 216 g/mol. The molecule has 3 rings (SSSR count). The second-order valence-electron chi connectivity index (χ2n) is 5.19. The fourth-order valence-corrected chi connectivity index (χ4v) is 2.97. The number of benzene rings is 1. The molecule has 2 nitrogen and oxygen atoms in total. The van der Waals surface area contributed by atoms with Gasteiger partial charge in [-0.25, -0.2) is 0 Å². The third-order valence-corrected chi connectivity index (χ3v) is 4.26. The van der Waals surface area contributed by atoms with E-state index in [-0.39, 0.29) is 23.4 Å². The van der Waals surface area contributed by atoms with Crippen molar-refractivity contribution in [2.45, 2.75) is 38.9 Å². The molecule has 0 amide bonds. The van der Waals surface area contributed by atoms with Gasteiger partial charge in [-0.05, 0) is 30.9 Å². The predicted molar refractivity (Wildman–Crippen MR) is 61.2 cm³/mol. The Hall–Kier alpha value is -1.15. The molecular formula is C14H16O2. The first-order chi connectivity index (χ1) is 7.61. The van der Waals surface area contributed by atoms with Crippen molar-refractivity contribution >= 4 is 5.78 Å². The molecule has 2 bridgehead atoms. The molecule has 1 aromatic carbocycles. The molecule has 2 heterocycles. The van der Waals surface area contributed by atoms with Crippen molar-refractivity contribution in [2.75, 3.05) is 0 Å². The molecule has 1 aromatic rings. The molecule has 16 heavy (non-hydrogen) atoms. The van der Waals surface area contributed by atoms with Crippen LogP contribution in [0.15, 0.2) is 24.3 Å². The van der Waals surface area contributed by atoms with Crippen LogP contribution in [0.25, 0.3) is 0 Å². The van der Waals surface area contributed by atoms with Gasteiger partial charge in [-0.3, -0.25) is 4.79 Å². The van der Waals surface area contributed by atoms with Crippen molar-refractivity contribution in [1.29, 1.82) is 0 Å². The SMILES string of the molecule is CC(=O)[C@@]1(C)C[C@H]2O[C@@H]1Cc1ccccc12. The minimum atomic E-state index is -0.288. The van der Waals surface area contributed by atoms with Crippen molar-refractivity contribution in [2.24, 2.45) is 5.41 Å². The van der Waals surface area contributed by atoms with E-state index in [1.807, 2.05) is 13.0 Å². The summed E-state index contributed by atoms with van der Waals surface area (Å²) in [5.41, 5.74) is 2.35. The van der Waals surface area contributed by atoms with E-state index in [0.717, 1.165) is 12.8 Å². The van der Waals surface area contributed by atoms with E-state index in [1.54, 1.807) is 6.92 Å². The lowest BCUT2D eigenvalue weighted by Crippen LogP contribution is -2.36. The average Bonchev–Trinajstić information content (AvgIpc) is 2.54. The number of carbonyl (C=O) groups is 1. The Balaban J connectivity index is 2.04. The Kier molecular flexibility index (Phi) is 1.99. The maximum atomic E-state index is 11.8. The van der Waals surface area contributed by atoms with E-state index in [4.69, 9.17) is 4.74 Å². The lowest BCUT2D eigenvalue weighted by atomic mass is 9.78. The number of rotatable bonds is 1. The molecule has 2 heteroatoms. The lowest BCUT2D eigenvalue weighted by Gasteiger charge is -2.28. The Morgan fingerprint density at radius 1 is 1.44 bits per heavy atom. The number of hydrogen-bond donors (Lipinski definition) is 0. The molecule has 0 unspecified atom stereocenters. The lowest BCUT2D eigenvalue weighted by molar-refractivity contribution is -0.128. The summed E-state index contributed by atoms with van der Waals surface area (Å²) in [6, 6.07) is 8.40. The van der Waals surface area contributed by atoms with Crippen LogP contribution in [-0.2, 0) is 16.0 Å². The molecule has 3 atom stereocenters. The number of fused-ring (bicyclic) bond motifs is 4. The van der Waals surface area contributed by atoms with Crippen LogP contribution in [0.1, 0.15) is 37.5 Å². The van der Waals surface area contributed by atoms with E-state index in [2.05, 4.69) is 18.2 Å². The zero-order chi connectivity index (χ0) is 11.3. The fourth-order valence-electron chi connectivity index (χ4n) is 2.97. The quantitative estimate of drug-likeness (QED) is 0.721. The van der Waals surface area contributed by atoms with Crippen LogP contribution in [0.2, 0.25) is 0 Å². The van der Waals surface area contributed by atoms with Crippen molar-refractivity contribution in [3.63, 3.8) is 0 Å². The summed E-state index contributed by atoms with van der Waals surface area (Å²) in [6.07, 6.45) is 1.92. The minimum Gasteiger partial charge on any atom is -0.369 e. The minimum absolute atomic E-state index is 0.0740. The van der Waals surface area contributed by atoms with Gasteiger partial charge in [-0.2, -0.15) is 0 Å². The molecule has 1 saturated heterocycles. The van der Waals surface area contributed by atoms with Crippen LogP contribution in [0.4, 0.5) is 0 Å². The summed E-state index contributed by atoms with van der Waals surface area (Å²) in [6.45, 7) is 3.74. The van der Waals surface area contributed by atoms with Gasteiger partial charge in [0.25, 0.3) is 0 Å². The second kappa shape index (κ2) is 3.17. The highest BCUT2D eigenvalue weighted by Gasteiger charge is 2.51. The van der Waals surface area contributed by atoms with Crippen molar-refractivity contribution in [1.82, 2.24) is 0 Å². The van der Waals surface area contributed by atoms with Crippen LogP contribution in [0, 0.1) is 5.41 Å². The number of ether oxygens (including phenoxy) is 1. The summed E-state index contributed by atoms with van der Waals surface area (Å²) in [7, 11) is 0. The first-order valence-electron chi connectivity index (χ1n) is 5.85. The molecule has 2 aliphatic heterocycles. The average molecular weight is 216 g/mol. The van der Waals surface area contributed by atoms with Gasteiger partial charge in [0, 0.05) is 0 Å². The molecule has 0 N–H and O–H groups in total. The van der Waals surface area contributed by atoms with Gasteiger partial charge in [0.15, 0.2) is 0 Å². The predicted octanol–water partition coefficient (Wildman–Crippen LogP) is 2.67. The first-order valence-corrected chi connectivity index (χ1v) is 5.85. The van der Waals surface area contributed by atoms with E-state index in [9.17, 15) is 4.79 Å². The summed E-state index contributed by atoms with van der Waals surface area (Å²) in [5.74, 6) is 0.257. The Bertz CT molecular complexity index is 452. The number of carbonyl (C=O) groups excluding carboxylic acids is 1. The smallest absolute Gasteiger partial charge is 0.138 e. The van der Waals surface area contributed by atoms with Gasteiger partial charge >= 0.3 is 0 Å². The third kappa shape index (κ3) is 1.20. The molecule has 0 saturated carbocycles. The molecule has 0 aromatic heterocycles. The van der Waals surface area contributed by atoms with Gasteiger partial charge < -0.3 is 4.74 Å². The topological polar surface area (TPSA) is 26.3 Å². The maximum absolute atomic E-state index is 11.8. The van der Waals surface area contributed by atoms with Crippen LogP contribution in [0.5, 0.6) is 0 Å². The van der Waals surface area contributed by atoms with Crippen molar-refractivity contribution in [3.8, 4) is 0 Å². The normalized spacial score (nSPS) is 35.9. The maximum Gasteiger partial charge on any atom is 0.138 e. The Morgan fingerprint density at radius 2 is 2.19 bits per heavy atom. The van der Waals surface area contributed by atoms with Crippen molar-refractivity contribution < 1.29 is 9.53 Å². The van der Waals surface area contributed by atoms with Crippen LogP contribution >= 0.6 is 0 Å². The Morgan fingerprint density at radius 3 is 2.94 bits per heavy atom. The molecule has 1 fully saturated rings. The molecule has 84 valence electrons. The van der Waals surface area contributed by atoms with E-state index in [0.29, 0.717) is 0 Å². The van der Waals surface area contributed by atoms with Gasteiger partial charge in [0.2, 0.25) is 0 Å². The zero-order valence-electron chi connectivity index (χ0n) is 9.69.